The molecule has 7 heteroatoms. The molecule has 1 fully saturated rings. The van der Waals surface area contributed by atoms with Gasteiger partial charge >= 0.3 is 0 Å². The van der Waals surface area contributed by atoms with E-state index >= 15 is 0 Å². The predicted octanol–water partition coefficient (Wildman–Crippen LogP) is 0.114. The molecule has 6 nitrogen and oxygen atoms in total. The van der Waals surface area contributed by atoms with Crippen LogP contribution in [0, 0.1) is 0 Å². The SMILES string of the molecule is O=C1CCC(CNc2cn[nH]c(=O)c2Cl)N1. The molecular weight excluding hydrogens is 232 g/mol. The van der Waals surface area contributed by atoms with Gasteiger partial charge in [0.25, 0.3) is 5.56 Å². The summed E-state index contributed by atoms with van der Waals surface area (Å²) in [4.78, 5) is 22.1. The van der Waals surface area contributed by atoms with E-state index in [1.807, 2.05) is 0 Å². The maximum atomic E-state index is 11.1. The normalized spacial score (nSPS) is 19.6. The van der Waals surface area contributed by atoms with Crippen molar-refractivity contribution in [1.82, 2.24) is 15.5 Å². The van der Waals surface area contributed by atoms with E-state index < -0.39 is 5.56 Å². The number of aromatic nitrogens is 2. The first-order valence-corrected chi connectivity index (χ1v) is 5.31. The van der Waals surface area contributed by atoms with Crippen molar-refractivity contribution < 1.29 is 4.79 Å². The molecule has 3 N–H and O–H groups in total. The Morgan fingerprint density at radius 1 is 1.56 bits per heavy atom. The van der Waals surface area contributed by atoms with E-state index in [2.05, 4.69) is 20.8 Å². The third-order valence-corrected chi connectivity index (χ3v) is 2.79. The van der Waals surface area contributed by atoms with Crippen LogP contribution in [0.5, 0.6) is 0 Å². The van der Waals surface area contributed by atoms with Crippen LogP contribution >= 0.6 is 11.6 Å². The van der Waals surface area contributed by atoms with Crippen molar-refractivity contribution in [2.24, 2.45) is 0 Å². The molecule has 1 amide bonds. The molecule has 1 aromatic rings. The lowest BCUT2D eigenvalue weighted by Gasteiger charge is -2.12. The maximum Gasteiger partial charge on any atom is 0.285 e. The van der Waals surface area contributed by atoms with E-state index in [9.17, 15) is 9.59 Å². The summed E-state index contributed by atoms with van der Waals surface area (Å²) < 4.78 is 0. The summed E-state index contributed by atoms with van der Waals surface area (Å²) in [6.45, 7) is 0.538. The summed E-state index contributed by atoms with van der Waals surface area (Å²) >= 11 is 5.77. The predicted molar refractivity (Wildman–Crippen MR) is 59.5 cm³/mol. The van der Waals surface area contributed by atoms with E-state index in [0.717, 1.165) is 6.42 Å². The number of carbonyl (C=O) groups excluding carboxylic acids is 1. The highest BCUT2D eigenvalue weighted by Crippen LogP contribution is 2.15. The second-order valence-corrected chi connectivity index (χ2v) is 3.99. The molecular formula is C9H11ClN4O2. The summed E-state index contributed by atoms with van der Waals surface area (Å²) in [7, 11) is 0. The van der Waals surface area contributed by atoms with Gasteiger partial charge in [0.05, 0.1) is 11.9 Å². The molecule has 0 bridgehead atoms. The van der Waals surface area contributed by atoms with Gasteiger partial charge in [0.15, 0.2) is 0 Å². The van der Waals surface area contributed by atoms with E-state index in [1.54, 1.807) is 0 Å². The monoisotopic (exact) mass is 242 g/mol. The number of carbonyl (C=O) groups is 1. The smallest absolute Gasteiger partial charge is 0.285 e. The number of hydrogen-bond donors (Lipinski definition) is 3. The Kier molecular flexibility index (Phi) is 3.09. The Labute approximate surface area is 96.4 Å². The van der Waals surface area contributed by atoms with Crippen LogP contribution in [0.1, 0.15) is 12.8 Å². The minimum absolute atomic E-state index is 0.0573. The molecule has 0 spiro atoms. The fraction of sp³-hybridized carbons (Fsp3) is 0.444. The summed E-state index contributed by atoms with van der Waals surface area (Å²) in [5, 5.41) is 11.7. The quantitative estimate of drug-likeness (QED) is 0.702. The minimum atomic E-state index is -0.429. The number of rotatable bonds is 3. The van der Waals surface area contributed by atoms with Gasteiger partial charge < -0.3 is 10.6 Å². The zero-order valence-electron chi connectivity index (χ0n) is 8.42. The van der Waals surface area contributed by atoms with Crippen LogP contribution in [-0.2, 0) is 4.79 Å². The van der Waals surface area contributed by atoms with Crippen molar-refractivity contribution in [3.05, 3.63) is 21.6 Å². The molecule has 1 saturated heterocycles. The number of H-pyrrole nitrogens is 1. The van der Waals surface area contributed by atoms with E-state index in [1.165, 1.54) is 6.20 Å². The third-order valence-electron chi connectivity index (χ3n) is 2.42. The van der Waals surface area contributed by atoms with Crippen LogP contribution in [0.25, 0.3) is 0 Å². The fourth-order valence-corrected chi connectivity index (χ4v) is 1.73. The Hall–Kier alpha value is -1.56. The van der Waals surface area contributed by atoms with Gasteiger partial charge in [-0.1, -0.05) is 11.6 Å². The highest BCUT2D eigenvalue weighted by Gasteiger charge is 2.20. The molecule has 0 radical (unpaired) electrons. The molecule has 1 unspecified atom stereocenters. The van der Waals surface area contributed by atoms with Crippen molar-refractivity contribution in [2.45, 2.75) is 18.9 Å². The van der Waals surface area contributed by atoms with Gasteiger partial charge in [-0.3, -0.25) is 9.59 Å². The Bertz CT molecular complexity index is 459. The average Bonchev–Trinajstić information content (AvgIpc) is 2.67. The summed E-state index contributed by atoms with van der Waals surface area (Å²) in [6, 6.07) is 0.0860. The molecule has 0 aliphatic carbocycles. The highest BCUT2D eigenvalue weighted by atomic mass is 35.5. The molecule has 0 saturated carbocycles. The minimum Gasteiger partial charge on any atom is -0.380 e. The molecule has 1 aliphatic heterocycles. The molecule has 2 rings (SSSR count). The first-order chi connectivity index (χ1) is 7.66. The van der Waals surface area contributed by atoms with Gasteiger partial charge in [0.2, 0.25) is 5.91 Å². The second-order valence-electron chi connectivity index (χ2n) is 3.61. The van der Waals surface area contributed by atoms with Crippen molar-refractivity contribution in [3.8, 4) is 0 Å². The topological polar surface area (TPSA) is 86.9 Å². The standard InChI is InChI=1S/C9H11ClN4O2/c10-8-6(4-12-14-9(8)16)11-3-5-1-2-7(15)13-5/h4-5H,1-3H2,(H,13,15)(H2,11,14,16). The number of aromatic amines is 1. The number of hydrogen-bond acceptors (Lipinski definition) is 4. The van der Waals surface area contributed by atoms with Crippen molar-refractivity contribution >= 4 is 23.2 Å². The zero-order valence-corrected chi connectivity index (χ0v) is 9.17. The van der Waals surface area contributed by atoms with Gasteiger partial charge in [-0.25, -0.2) is 5.10 Å². The van der Waals surface area contributed by atoms with Crippen LogP contribution in [0.2, 0.25) is 5.02 Å². The summed E-state index contributed by atoms with van der Waals surface area (Å²) in [6.07, 6.45) is 2.79. The third kappa shape index (κ3) is 2.33. The van der Waals surface area contributed by atoms with E-state index in [0.29, 0.717) is 18.7 Å². The fourth-order valence-electron chi connectivity index (χ4n) is 1.57. The first-order valence-electron chi connectivity index (χ1n) is 4.93. The number of amides is 1. The van der Waals surface area contributed by atoms with Gasteiger partial charge in [-0.15, -0.1) is 0 Å². The van der Waals surface area contributed by atoms with E-state index in [4.69, 9.17) is 11.6 Å². The molecule has 16 heavy (non-hydrogen) atoms. The molecule has 1 aromatic heterocycles. The summed E-state index contributed by atoms with van der Waals surface area (Å²) in [5.41, 5.74) is 0.0497. The largest absolute Gasteiger partial charge is 0.380 e. The van der Waals surface area contributed by atoms with Gasteiger partial charge in [0, 0.05) is 19.0 Å². The molecule has 2 heterocycles. The van der Waals surface area contributed by atoms with Crippen LogP contribution in [0.3, 0.4) is 0 Å². The Morgan fingerprint density at radius 2 is 2.38 bits per heavy atom. The van der Waals surface area contributed by atoms with Crippen LogP contribution in [0.4, 0.5) is 5.69 Å². The maximum absolute atomic E-state index is 11.1. The van der Waals surface area contributed by atoms with E-state index in [-0.39, 0.29) is 17.0 Å². The van der Waals surface area contributed by atoms with Gasteiger partial charge in [-0.2, -0.15) is 5.10 Å². The Balaban J connectivity index is 1.97. The Morgan fingerprint density at radius 3 is 3.06 bits per heavy atom. The lowest BCUT2D eigenvalue weighted by atomic mass is 10.2. The number of nitrogens with zero attached hydrogens (tertiary/aromatic N) is 1. The van der Waals surface area contributed by atoms with Crippen LogP contribution in [-0.4, -0.2) is 28.7 Å². The average molecular weight is 243 g/mol. The summed E-state index contributed by atoms with van der Waals surface area (Å²) in [5.74, 6) is 0.0573. The number of anilines is 1. The lowest BCUT2D eigenvalue weighted by molar-refractivity contribution is -0.119. The van der Waals surface area contributed by atoms with Crippen molar-refractivity contribution in [1.29, 1.82) is 0 Å². The van der Waals surface area contributed by atoms with Crippen molar-refractivity contribution in [3.63, 3.8) is 0 Å². The van der Waals surface area contributed by atoms with Gasteiger partial charge in [0.1, 0.15) is 5.02 Å². The number of nitrogens with one attached hydrogen (secondary N) is 3. The zero-order chi connectivity index (χ0) is 11.5. The molecule has 86 valence electrons. The van der Waals surface area contributed by atoms with Crippen molar-refractivity contribution in [2.75, 3.05) is 11.9 Å². The highest BCUT2D eigenvalue weighted by molar-refractivity contribution is 6.32. The van der Waals surface area contributed by atoms with Crippen LogP contribution in [0.15, 0.2) is 11.0 Å². The van der Waals surface area contributed by atoms with Crippen LogP contribution < -0.4 is 16.2 Å². The molecule has 1 aliphatic rings. The molecule has 0 aromatic carbocycles. The number of halogens is 1. The van der Waals surface area contributed by atoms with Gasteiger partial charge in [-0.05, 0) is 6.42 Å². The first kappa shape index (κ1) is 10.9. The lowest BCUT2D eigenvalue weighted by Crippen LogP contribution is -2.32. The molecule has 1 atom stereocenters. The second kappa shape index (κ2) is 4.52.